The molecule has 1 amide bonds. The van der Waals surface area contributed by atoms with Crippen molar-refractivity contribution < 1.29 is 14.7 Å². The Kier molecular flexibility index (Phi) is 5.96. The van der Waals surface area contributed by atoms with E-state index in [1.807, 2.05) is 54.6 Å². The van der Waals surface area contributed by atoms with E-state index in [4.69, 9.17) is 5.73 Å². The smallest absolute Gasteiger partial charge is 0.305 e. The summed E-state index contributed by atoms with van der Waals surface area (Å²) in [6.45, 7) is 0. The van der Waals surface area contributed by atoms with Crippen LogP contribution in [0, 0.1) is 0 Å². The van der Waals surface area contributed by atoms with E-state index in [1.54, 1.807) is 0 Å². The van der Waals surface area contributed by atoms with Crippen LogP contribution in [-0.4, -0.2) is 33.0 Å². The molecule has 0 bridgehead atoms. The molecule has 1 aromatic heterocycles. The molecule has 142 valence electrons. The minimum Gasteiger partial charge on any atom is -0.481 e. The Hall–Kier alpha value is -3.74. The normalized spacial score (nSPS) is 11.6. The summed E-state index contributed by atoms with van der Waals surface area (Å²) in [4.78, 5) is 31.2. The summed E-state index contributed by atoms with van der Waals surface area (Å²) in [6, 6.07) is 18.6. The van der Waals surface area contributed by atoms with Gasteiger partial charge in [-0.2, -0.15) is 0 Å². The van der Waals surface area contributed by atoms with Gasteiger partial charge in [0.25, 0.3) is 5.91 Å². The van der Waals surface area contributed by atoms with Crippen LogP contribution in [-0.2, 0) is 11.2 Å². The third-order valence-electron chi connectivity index (χ3n) is 4.21. The van der Waals surface area contributed by atoms with Crippen molar-refractivity contribution in [1.29, 1.82) is 0 Å². The molecule has 0 spiro atoms. The summed E-state index contributed by atoms with van der Waals surface area (Å²) in [7, 11) is 0. The van der Waals surface area contributed by atoms with E-state index in [2.05, 4.69) is 15.3 Å². The average molecular weight is 376 g/mol. The Bertz CT molecular complexity index is 959. The van der Waals surface area contributed by atoms with Crippen molar-refractivity contribution in [3.05, 3.63) is 78.1 Å². The number of aliphatic carboxylic acids is 1. The second kappa shape index (κ2) is 8.77. The average Bonchev–Trinajstić information content (AvgIpc) is 2.68. The number of nitrogens with two attached hydrogens (primary N) is 1. The third kappa shape index (κ3) is 5.14. The lowest BCUT2D eigenvalue weighted by molar-refractivity contribution is -0.137. The predicted molar refractivity (Wildman–Crippen MR) is 106 cm³/mol. The van der Waals surface area contributed by atoms with Crippen LogP contribution in [0.3, 0.4) is 0 Å². The number of aromatic nitrogens is 2. The number of amides is 1. The largest absolute Gasteiger partial charge is 0.481 e. The van der Waals surface area contributed by atoms with E-state index in [0.29, 0.717) is 6.42 Å². The Morgan fingerprint density at radius 2 is 1.68 bits per heavy atom. The van der Waals surface area contributed by atoms with Gasteiger partial charge >= 0.3 is 5.97 Å². The molecule has 0 aliphatic rings. The zero-order valence-electron chi connectivity index (χ0n) is 15.1. The zero-order chi connectivity index (χ0) is 19.9. The molecule has 3 rings (SSSR count). The SMILES string of the molecule is Nc1nccc(C(=O)N[C@@H](CC(=O)O)Cc2ccc(-c3ccccc3)cc2)n1. The van der Waals surface area contributed by atoms with Gasteiger partial charge < -0.3 is 16.2 Å². The molecule has 1 atom stereocenters. The Morgan fingerprint density at radius 3 is 2.32 bits per heavy atom. The van der Waals surface area contributed by atoms with Crippen LogP contribution in [0.1, 0.15) is 22.5 Å². The van der Waals surface area contributed by atoms with Crippen molar-refractivity contribution in [3.8, 4) is 11.1 Å². The van der Waals surface area contributed by atoms with Gasteiger partial charge in [-0.1, -0.05) is 54.6 Å². The van der Waals surface area contributed by atoms with Gasteiger partial charge in [0.1, 0.15) is 5.69 Å². The number of nitrogen functional groups attached to an aromatic ring is 1. The number of nitrogens with one attached hydrogen (secondary N) is 1. The molecule has 0 aliphatic heterocycles. The van der Waals surface area contributed by atoms with Crippen molar-refractivity contribution in [2.75, 3.05) is 5.73 Å². The van der Waals surface area contributed by atoms with Gasteiger partial charge in [-0.15, -0.1) is 0 Å². The fraction of sp³-hybridized carbons (Fsp3) is 0.143. The van der Waals surface area contributed by atoms with Gasteiger partial charge in [0.05, 0.1) is 6.42 Å². The number of carboxylic acid groups (broad SMARTS) is 1. The van der Waals surface area contributed by atoms with Crippen LogP contribution < -0.4 is 11.1 Å². The molecule has 0 unspecified atom stereocenters. The Balaban J connectivity index is 1.71. The van der Waals surface area contributed by atoms with Crippen LogP contribution in [0.25, 0.3) is 11.1 Å². The first-order valence-electron chi connectivity index (χ1n) is 8.77. The molecule has 7 heteroatoms. The van der Waals surface area contributed by atoms with Crippen LogP contribution in [0.15, 0.2) is 66.9 Å². The number of rotatable bonds is 7. The monoisotopic (exact) mass is 376 g/mol. The standard InChI is InChI=1S/C21H20N4O3/c22-21-23-11-10-18(25-21)20(28)24-17(13-19(26)27)12-14-6-8-16(9-7-14)15-4-2-1-3-5-15/h1-11,17H,12-13H2,(H,24,28)(H,26,27)(H2,22,23,25)/t17-/m1/s1. The number of carboxylic acids is 1. The van der Waals surface area contributed by atoms with Gasteiger partial charge in [-0.25, -0.2) is 9.97 Å². The van der Waals surface area contributed by atoms with Crippen LogP contribution in [0.2, 0.25) is 0 Å². The minimum absolute atomic E-state index is 0.0149. The van der Waals surface area contributed by atoms with Crippen LogP contribution in [0.5, 0.6) is 0 Å². The predicted octanol–water partition coefficient (Wildman–Crippen LogP) is 2.54. The summed E-state index contributed by atoms with van der Waals surface area (Å²) in [5.41, 5.74) is 8.69. The molecule has 1 heterocycles. The Morgan fingerprint density at radius 1 is 1.00 bits per heavy atom. The highest BCUT2D eigenvalue weighted by Crippen LogP contribution is 2.20. The number of benzene rings is 2. The number of carbonyl (C=O) groups excluding carboxylic acids is 1. The number of hydrogen-bond donors (Lipinski definition) is 3. The second-order valence-electron chi connectivity index (χ2n) is 6.34. The van der Waals surface area contributed by atoms with Gasteiger partial charge in [-0.3, -0.25) is 9.59 Å². The number of anilines is 1. The van der Waals surface area contributed by atoms with Crippen molar-refractivity contribution in [3.63, 3.8) is 0 Å². The molecular weight excluding hydrogens is 356 g/mol. The second-order valence-corrected chi connectivity index (χ2v) is 6.34. The summed E-state index contributed by atoms with van der Waals surface area (Å²) < 4.78 is 0. The molecule has 0 fully saturated rings. The first kappa shape index (κ1) is 19.0. The molecule has 28 heavy (non-hydrogen) atoms. The fourth-order valence-corrected chi connectivity index (χ4v) is 2.89. The summed E-state index contributed by atoms with van der Waals surface area (Å²) >= 11 is 0. The van der Waals surface area contributed by atoms with Crippen LogP contribution >= 0.6 is 0 Å². The van der Waals surface area contributed by atoms with E-state index in [-0.39, 0.29) is 18.1 Å². The highest BCUT2D eigenvalue weighted by atomic mass is 16.4. The lowest BCUT2D eigenvalue weighted by Crippen LogP contribution is -2.38. The summed E-state index contributed by atoms with van der Waals surface area (Å²) in [5, 5.41) is 11.9. The first-order valence-corrected chi connectivity index (χ1v) is 8.77. The molecule has 3 aromatic rings. The lowest BCUT2D eigenvalue weighted by Gasteiger charge is -2.17. The molecule has 2 aromatic carbocycles. The first-order chi connectivity index (χ1) is 13.5. The molecule has 0 saturated carbocycles. The maximum absolute atomic E-state index is 12.4. The molecule has 0 radical (unpaired) electrons. The van der Waals surface area contributed by atoms with Crippen molar-refractivity contribution in [2.45, 2.75) is 18.9 Å². The highest BCUT2D eigenvalue weighted by molar-refractivity contribution is 5.92. The minimum atomic E-state index is -0.992. The van der Waals surface area contributed by atoms with Gasteiger partial charge in [0.2, 0.25) is 5.95 Å². The summed E-state index contributed by atoms with van der Waals surface area (Å²) in [5.74, 6) is -1.49. The maximum Gasteiger partial charge on any atom is 0.305 e. The zero-order valence-corrected chi connectivity index (χ0v) is 15.1. The van der Waals surface area contributed by atoms with Crippen molar-refractivity contribution >= 4 is 17.8 Å². The van der Waals surface area contributed by atoms with E-state index in [9.17, 15) is 14.7 Å². The van der Waals surface area contributed by atoms with Gasteiger partial charge in [0.15, 0.2) is 0 Å². The van der Waals surface area contributed by atoms with E-state index < -0.39 is 17.9 Å². The number of hydrogen-bond acceptors (Lipinski definition) is 5. The fourth-order valence-electron chi connectivity index (χ4n) is 2.89. The lowest BCUT2D eigenvalue weighted by atomic mass is 9.99. The highest BCUT2D eigenvalue weighted by Gasteiger charge is 2.18. The number of carbonyl (C=O) groups is 2. The van der Waals surface area contributed by atoms with E-state index in [0.717, 1.165) is 16.7 Å². The topological polar surface area (TPSA) is 118 Å². The Labute approximate surface area is 162 Å². The molecule has 0 aliphatic carbocycles. The van der Waals surface area contributed by atoms with Crippen LogP contribution in [0.4, 0.5) is 5.95 Å². The van der Waals surface area contributed by atoms with E-state index >= 15 is 0 Å². The quantitative estimate of drug-likeness (QED) is 0.583. The third-order valence-corrected chi connectivity index (χ3v) is 4.21. The van der Waals surface area contributed by atoms with Gasteiger partial charge in [0, 0.05) is 12.2 Å². The maximum atomic E-state index is 12.4. The molecule has 7 nitrogen and oxygen atoms in total. The molecule has 0 saturated heterocycles. The molecule has 4 N–H and O–H groups in total. The van der Waals surface area contributed by atoms with Gasteiger partial charge in [-0.05, 0) is 29.2 Å². The van der Waals surface area contributed by atoms with E-state index in [1.165, 1.54) is 12.3 Å². The van der Waals surface area contributed by atoms with Crippen molar-refractivity contribution in [2.24, 2.45) is 0 Å². The summed E-state index contributed by atoms with van der Waals surface area (Å²) in [6.07, 6.45) is 1.56. The van der Waals surface area contributed by atoms with Crippen molar-refractivity contribution in [1.82, 2.24) is 15.3 Å². The number of nitrogens with zero attached hydrogens (tertiary/aromatic N) is 2. The molecular formula is C21H20N4O3.